The Balaban J connectivity index is 3.47. The third-order valence-corrected chi connectivity index (χ3v) is 1.51. The number of rotatable bonds is 5. The molecule has 0 bridgehead atoms. The van der Waals surface area contributed by atoms with E-state index in [0.29, 0.717) is 0 Å². The standard InChI is InChI=1S/C10H16O/c1-4-5-6-7-8-9(2)10(3)11/h5-6H,2,4,7-8H2,1,3H3. The molecule has 0 aliphatic carbocycles. The summed E-state index contributed by atoms with van der Waals surface area (Å²) in [5, 5.41) is 0. The van der Waals surface area contributed by atoms with Crippen LogP contribution >= 0.6 is 0 Å². The number of carbonyl (C=O) groups excluding carboxylic acids is 1. The summed E-state index contributed by atoms with van der Waals surface area (Å²) in [7, 11) is 0. The highest BCUT2D eigenvalue weighted by Gasteiger charge is 1.96. The molecule has 0 fully saturated rings. The molecule has 0 aromatic heterocycles. The molecule has 0 saturated heterocycles. The van der Waals surface area contributed by atoms with Crippen molar-refractivity contribution in [2.75, 3.05) is 0 Å². The summed E-state index contributed by atoms with van der Waals surface area (Å²) in [6, 6.07) is 0. The minimum atomic E-state index is 0.106. The smallest absolute Gasteiger partial charge is 0.155 e. The molecule has 0 aromatic carbocycles. The van der Waals surface area contributed by atoms with E-state index >= 15 is 0 Å². The number of Topliss-reactive ketones (excluding diaryl/α,β-unsaturated/α-hetero) is 1. The number of hydrogen-bond acceptors (Lipinski definition) is 1. The Morgan fingerprint density at radius 3 is 2.55 bits per heavy atom. The summed E-state index contributed by atoms with van der Waals surface area (Å²) in [6.07, 6.45) is 6.99. The molecule has 0 radical (unpaired) electrons. The van der Waals surface area contributed by atoms with Crippen LogP contribution in [-0.2, 0) is 4.79 Å². The van der Waals surface area contributed by atoms with E-state index in [2.05, 4.69) is 25.7 Å². The first-order chi connectivity index (χ1) is 5.18. The van der Waals surface area contributed by atoms with Gasteiger partial charge in [0.15, 0.2) is 5.78 Å². The highest BCUT2D eigenvalue weighted by atomic mass is 16.1. The lowest BCUT2D eigenvalue weighted by Gasteiger charge is -1.95. The van der Waals surface area contributed by atoms with E-state index in [0.717, 1.165) is 24.8 Å². The van der Waals surface area contributed by atoms with Crippen molar-refractivity contribution in [3.8, 4) is 0 Å². The van der Waals surface area contributed by atoms with Gasteiger partial charge in [0.05, 0.1) is 0 Å². The maximum Gasteiger partial charge on any atom is 0.155 e. The first-order valence-electron chi connectivity index (χ1n) is 4.02. The van der Waals surface area contributed by atoms with Crippen LogP contribution in [0.5, 0.6) is 0 Å². The fourth-order valence-electron chi connectivity index (χ4n) is 0.718. The maximum atomic E-state index is 10.7. The third-order valence-electron chi connectivity index (χ3n) is 1.51. The summed E-state index contributed by atoms with van der Waals surface area (Å²) in [5.74, 6) is 0.106. The average Bonchev–Trinajstić information content (AvgIpc) is 1.97. The minimum absolute atomic E-state index is 0.106. The summed E-state index contributed by atoms with van der Waals surface area (Å²) < 4.78 is 0. The van der Waals surface area contributed by atoms with Crippen molar-refractivity contribution in [2.45, 2.75) is 33.1 Å². The predicted octanol–water partition coefficient (Wildman–Crippen LogP) is 2.88. The molecular formula is C10H16O. The van der Waals surface area contributed by atoms with Crippen molar-refractivity contribution in [2.24, 2.45) is 0 Å². The molecule has 0 amide bonds. The third kappa shape index (κ3) is 5.59. The van der Waals surface area contributed by atoms with Crippen LogP contribution in [0, 0.1) is 0 Å². The van der Waals surface area contributed by atoms with Gasteiger partial charge in [0.2, 0.25) is 0 Å². The monoisotopic (exact) mass is 152 g/mol. The Morgan fingerprint density at radius 2 is 2.09 bits per heavy atom. The second kappa shape index (κ2) is 5.90. The van der Waals surface area contributed by atoms with Gasteiger partial charge in [-0.25, -0.2) is 0 Å². The Bertz CT molecular complexity index is 166. The van der Waals surface area contributed by atoms with Gasteiger partial charge in [-0.1, -0.05) is 25.7 Å². The van der Waals surface area contributed by atoms with Crippen LogP contribution in [0.3, 0.4) is 0 Å². The Kier molecular flexibility index (Phi) is 5.44. The van der Waals surface area contributed by atoms with E-state index in [1.54, 1.807) is 6.92 Å². The van der Waals surface area contributed by atoms with Gasteiger partial charge in [0.25, 0.3) is 0 Å². The molecule has 62 valence electrons. The lowest BCUT2D eigenvalue weighted by Crippen LogP contribution is -1.93. The molecule has 0 rings (SSSR count). The lowest BCUT2D eigenvalue weighted by atomic mass is 10.1. The van der Waals surface area contributed by atoms with Crippen molar-refractivity contribution in [3.63, 3.8) is 0 Å². The zero-order chi connectivity index (χ0) is 8.69. The highest BCUT2D eigenvalue weighted by molar-refractivity contribution is 5.92. The molecule has 11 heavy (non-hydrogen) atoms. The molecule has 0 aliphatic heterocycles. The fraction of sp³-hybridized carbons (Fsp3) is 0.500. The van der Waals surface area contributed by atoms with Gasteiger partial charge in [-0.15, -0.1) is 0 Å². The zero-order valence-corrected chi connectivity index (χ0v) is 7.39. The van der Waals surface area contributed by atoms with Crippen LogP contribution in [-0.4, -0.2) is 5.78 Å². The summed E-state index contributed by atoms with van der Waals surface area (Å²) in [6.45, 7) is 7.32. The quantitative estimate of drug-likeness (QED) is 0.437. The van der Waals surface area contributed by atoms with Crippen molar-refractivity contribution in [1.29, 1.82) is 0 Å². The van der Waals surface area contributed by atoms with E-state index in [9.17, 15) is 4.79 Å². The molecule has 0 unspecified atom stereocenters. The summed E-state index contributed by atoms with van der Waals surface area (Å²) in [5.41, 5.74) is 0.728. The normalized spacial score (nSPS) is 10.4. The van der Waals surface area contributed by atoms with Crippen LogP contribution in [0.1, 0.15) is 33.1 Å². The van der Waals surface area contributed by atoms with Gasteiger partial charge in [-0.05, 0) is 31.8 Å². The van der Waals surface area contributed by atoms with E-state index in [1.165, 1.54) is 0 Å². The van der Waals surface area contributed by atoms with E-state index in [1.807, 2.05) is 0 Å². The Labute approximate surface area is 68.8 Å². The van der Waals surface area contributed by atoms with Gasteiger partial charge in [-0.2, -0.15) is 0 Å². The van der Waals surface area contributed by atoms with E-state index < -0.39 is 0 Å². The van der Waals surface area contributed by atoms with Crippen molar-refractivity contribution < 1.29 is 4.79 Å². The SMILES string of the molecule is C=C(CCC=CCC)C(C)=O. The Morgan fingerprint density at radius 1 is 1.45 bits per heavy atom. The molecule has 0 atom stereocenters. The van der Waals surface area contributed by atoms with Crippen LogP contribution in [0.2, 0.25) is 0 Å². The number of carbonyl (C=O) groups is 1. The van der Waals surface area contributed by atoms with Gasteiger partial charge in [0.1, 0.15) is 0 Å². The second-order valence-electron chi connectivity index (χ2n) is 2.58. The zero-order valence-electron chi connectivity index (χ0n) is 7.39. The first-order valence-corrected chi connectivity index (χ1v) is 4.02. The highest BCUT2D eigenvalue weighted by Crippen LogP contribution is 2.03. The molecule has 1 nitrogen and oxygen atoms in total. The fourth-order valence-corrected chi connectivity index (χ4v) is 0.718. The summed E-state index contributed by atoms with van der Waals surface area (Å²) >= 11 is 0. The topological polar surface area (TPSA) is 17.1 Å². The minimum Gasteiger partial charge on any atom is -0.295 e. The second-order valence-corrected chi connectivity index (χ2v) is 2.58. The number of hydrogen-bond donors (Lipinski definition) is 0. The first kappa shape index (κ1) is 10.2. The predicted molar refractivity (Wildman–Crippen MR) is 48.5 cm³/mol. The molecular weight excluding hydrogens is 136 g/mol. The molecule has 0 aliphatic rings. The average molecular weight is 152 g/mol. The van der Waals surface area contributed by atoms with Crippen LogP contribution < -0.4 is 0 Å². The number of ketones is 1. The van der Waals surface area contributed by atoms with Gasteiger partial charge in [0, 0.05) is 0 Å². The van der Waals surface area contributed by atoms with Crippen molar-refractivity contribution in [3.05, 3.63) is 24.3 Å². The number of allylic oxidation sites excluding steroid dienone is 3. The maximum absolute atomic E-state index is 10.7. The molecule has 0 N–H and O–H groups in total. The van der Waals surface area contributed by atoms with E-state index in [4.69, 9.17) is 0 Å². The van der Waals surface area contributed by atoms with Crippen molar-refractivity contribution in [1.82, 2.24) is 0 Å². The van der Waals surface area contributed by atoms with Crippen LogP contribution in [0.25, 0.3) is 0 Å². The molecule has 1 heteroatoms. The van der Waals surface area contributed by atoms with Gasteiger partial charge < -0.3 is 0 Å². The summed E-state index contributed by atoms with van der Waals surface area (Å²) in [4.78, 5) is 10.7. The lowest BCUT2D eigenvalue weighted by molar-refractivity contribution is -0.113. The van der Waals surface area contributed by atoms with Gasteiger partial charge >= 0.3 is 0 Å². The Hall–Kier alpha value is -0.850. The largest absolute Gasteiger partial charge is 0.295 e. The van der Waals surface area contributed by atoms with Crippen LogP contribution in [0.15, 0.2) is 24.3 Å². The van der Waals surface area contributed by atoms with Crippen LogP contribution in [0.4, 0.5) is 0 Å². The van der Waals surface area contributed by atoms with Gasteiger partial charge in [-0.3, -0.25) is 4.79 Å². The molecule has 0 aromatic rings. The van der Waals surface area contributed by atoms with E-state index in [-0.39, 0.29) is 5.78 Å². The molecule has 0 saturated carbocycles. The van der Waals surface area contributed by atoms with Crippen molar-refractivity contribution >= 4 is 5.78 Å². The molecule has 0 spiro atoms. The molecule has 0 heterocycles.